The molecule has 0 amide bonds. The highest BCUT2D eigenvalue weighted by atomic mass is 32.1. The summed E-state index contributed by atoms with van der Waals surface area (Å²) in [5, 5.41) is 9.00. The SMILES string of the molecule is CCN(CC)c1ncc(CN[C@H]2CCc3ncnn3C2)s1. The lowest BCUT2D eigenvalue weighted by Gasteiger charge is -2.23. The quantitative estimate of drug-likeness (QED) is 0.880. The van der Waals surface area contributed by atoms with Crippen molar-refractivity contribution >= 4 is 16.5 Å². The van der Waals surface area contributed by atoms with Crippen LogP contribution in [0.3, 0.4) is 0 Å². The molecule has 3 heterocycles. The maximum absolute atomic E-state index is 4.53. The van der Waals surface area contributed by atoms with Crippen LogP contribution >= 0.6 is 11.3 Å². The van der Waals surface area contributed by atoms with Gasteiger partial charge in [-0.05, 0) is 20.3 Å². The summed E-state index contributed by atoms with van der Waals surface area (Å²) in [6, 6.07) is 0.471. The van der Waals surface area contributed by atoms with Gasteiger partial charge in [0.25, 0.3) is 0 Å². The van der Waals surface area contributed by atoms with Crippen LogP contribution in [-0.4, -0.2) is 38.9 Å². The van der Waals surface area contributed by atoms with Crippen LogP contribution in [0.25, 0.3) is 0 Å². The number of hydrogen-bond donors (Lipinski definition) is 1. The zero-order valence-corrected chi connectivity index (χ0v) is 13.4. The summed E-state index contributed by atoms with van der Waals surface area (Å²) in [6.45, 7) is 8.15. The van der Waals surface area contributed by atoms with E-state index < -0.39 is 0 Å². The highest BCUT2D eigenvalue weighted by molar-refractivity contribution is 7.15. The molecular weight excluding hydrogens is 284 g/mol. The van der Waals surface area contributed by atoms with E-state index >= 15 is 0 Å². The molecule has 0 saturated carbocycles. The Morgan fingerprint density at radius 1 is 1.38 bits per heavy atom. The third-order valence-electron chi connectivity index (χ3n) is 3.95. The number of rotatable bonds is 6. The average Bonchev–Trinajstić information content (AvgIpc) is 3.15. The molecule has 1 atom stereocenters. The molecule has 0 unspecified atom stereocenters. The fourth-order valence-electron chi connectivity index (χ4n) is 2.67. The summed E-state index contributed by atoms with van der Waals surface area (Å²) >= 11 is 1.78. The van der Waals surface area contributed by atoms with Crippen molar-refractivity contribution < 1.29 is 0 Å². The third-order valence-corrected chi connectivity index (χ3v) is 5.00. The van der Waals surface area contributed by atoms with Gasteiger partial charge in [0.1, 0.15) is 12.2 Å². The number of anilines is 1. The Hall–Kier alpha value is -1.47. The van der Waals surface area contributed by atoms with E-state index in [0.717, 1.165) is 50.0 Å². The Bertz CT molecular complexity index is 574. The first-order valence-electron chi connectivity index (χ1n) is 7.59. The molecule has 0 spiro atoms. The van der Waals surface area contributed by atoms with E-state index in [1.165, 1.54) is 4.88 Å². The summed E-state index contributed by atoms with van der Waals surface area (Å²) in [6.07, 6.45) is 5.78. The molecule has 7 heteroatoms. The van der Waals surface area contributed by atoms with Gasteiger partial charge in [-0.2, -0.15) is 5.10 Å². The highest BCUT2D eigenvalue weighted by Gasteiger charge is 2.19. The van der Waals surface area contributed by atoms with Gasteiger partial charge >= 0.3 is 0 Å². The van der Waals surface area contributed by atoms with Crippen LogP contribution in [0.2, 0.25) is 0 Å². The minimum Gasteiger partial charge on any atom is -0.349 e. The standard InChI is InChI=1S/C14H22N6S/c1-3-19(4-2)14-16-8-12(21-14)7-15-11-5-6-13-17-10-18-20(13)9-11/h8,10-11,15H,3-7,9H2,1-2H3/t11-/m0/s1. The summed E-state index contributed by atoms with van der Waals surface area (Å²) in [5.41, 5.74) is 0. The molecule has 1 aliphatic rings. The lowest BCUT2D eigenvalue weighted by atomic mass is 10.1. The van der Waals surface area contributed by atoms with Crippen molar-refractivity contribution in [1.82, 2.24) is 25.1 Å². The Morgan fingerprint density at radius 2 is 2.24 bits per heavy atom. The lowest BCUT2D eigenvalue weighted by Crippen LogP contribution is -2.37. The Balaban J connectivity index is 1.54. The first kappa shape index (κ1) is 14.5. The van der Waals surface area contributed by atoms with Crippen LogP contribution in [0.15, 0.2) is 12.5 Å². The van der Waals surface area contributed by atoms with Crippen molar-refractivity contribution in [1.29, 1.82) is 0 Å². The van der Waals surface area contributed by atoms with Crippen LogP contribution in [0.5, 0.6) is 0 Å². The topological polar surface area (TPSA) is 58.9 Å². The maximum Gasteiger partial charge on any atom is 0.185 e. The zero-order valence-electron chi connectivity index (χ0n) is 12.6. The predicted molar refractivity (Wildman–Crippen MR) is 84.6 cm³/mol. The van der Waals surface area contributed by atoms with Crippen molar-refractivity contribution in [3.8, 4) is 0 Å². The molecule has 0 radical (unpaired) electrons. The van der Waals surface area contributed by atoms with E-state index in [4.69, 9.17) is 0 Å². The van der Waals surface area contributed by atoms with Gasteiger partial charge in [0.2, 0.25) is 0 Å². The number of nitrogens with zero attached hydrogens (tertiary/aromatic N) is 5. The minimum atomic E-state index is 0.471. The molecule has 0 aromatic carbocycles. The van der Waals surface area contributed by atoms with Crippen LogP contribution < -0.4 is 10.2 Å². The van der Waals surface area contributed by atoms with Gasteiger partial charge in [0, 0.05) is 43.2 Å². The molecule has 2 aromatic rings. The molecule has 0 saturated heterocycles. The van der Waals surface area contributed by atoms with Crippen LogP contribution in [0.1, 0.15) is 31.0 Å². The van der Waals surface area contributed by atoms with Gasteiger partial charge in [-0.25, -0.2) is 14.6 Å². The average molecular weight is 306 g/mol. The van der Waals surface area contributed by atoms with Gasteiger partial charge in [-0.3, -0.25) is 0 Å². The van der Waals surface area contributed by atoms with Gasteiger partial charge in [-0.15, -0.1) is 11.3 Å². The number of fused-ring (bicyclic) bond motifs is 1. The molecule has 0 bridgehead atoms. The molecule has 0 fully saturated rings. The van der Waals surface area contributed by atoms with Crippen molar-refractivity contribution in [2.75, 3.05) is 18.0 Å². The smallest absolute Gasteiger partial charge is 0.185 e. The van der Waals surface area contributed by atoms with E-state index in [1.54, 1.807) is 17.7 Å². The van der Waals surface area contributed by atoms with Crippen molar-refractivity contribution in [2.45, 2.75) is 45.8 Å². The second-order valence-electron chi connectivity index (χ2n) is 5.26. The highest BCUT2D eigenvalue weighted by Crippen LogP contribution is 2.22. The summed E-state index contributed by atoms with van der Waals surface area (Å²) < 4.78 is 2.01. The van der Waals surface area contributed by atoms with Gasteiger partial charge in [-0.1, -0.05) is 0 Å². The monoisotopic (exact) mass is 306 g/mol. The van der Waals surface area contributed by atoms with Crippen molar-refractivity contribution in [3.63, 3.8) is 0 Å². The third kappa shape index (κ3) is 3.24. The van der Waals surface area contributed by atoms with Gasteiger partial charge < -0.3 is 10.2 Å². The summed E-state index contributed by atoms with van der Waals surface area (Å²) in [5.74, 6) is 1.11. The molecule has 1 N–H and O–H groups in total. The van der Waals surface area contributed by atoms with E-state index in [9.17, 15) is 0 Å². The van der Waals surface area contributed by atoms with Crippen LogP contribution in [0, 0.1) is 0 Å². The van der Waals surface area contributed by atoms with E-state index in [-0.39, 0.29) is 0 Å². The number of hydrogen-bond acceptors (Lipinski definition) is 6. The number of nitrogens with one attached hydrogen (secondary N) is 1. The first-order chi connectivity index (χ1) is 10.3. The molecule has 114 valence electrons. The van der Waals surface area contributed by atoms with Crippen LogP contribution in [-0.2, 0) is 19.5 Å². The molecular formula is C14H22N6S. The fraction of sp³-hybridized carbons (Fsp3) is 0.643. The largest absolute Gasteiger partial charge is 0.349 e. The predicted octanol–water partition coefficient (Wildman–Crippen LogP) is 1.69. The Labute approximate surface area is 129 Å². The second-order valence-corrected chi connectivity index (χ2v) is 6.35. The molecule has 1 aliphatic heterocycles. The number of aryl methyl sites for hydroxylation is 1. The zero-order chi connectivity index (χ0) is 14.7. The first-order valence-corrected chi connectivity index (χ1v) is 8.41. The minimum absolute atomic E-state index is 0.471. The normalized spacial score (nSPS) is 17.7. The number of thiazole rings is 1. The lowest BCUT2D eigenvalue weighted by molar-refractivity contribution is 0.359. The van der Waals surface area contributed by atoms with E-state index in [2.05, 4.69) is 39.1 Å². The summed E-state index contributed by atoms with van der Waals surface area (Å²) in [4.78, 5) is 12.4. The molecule has 21 heavy (non-hydrogen) atoms. The van der Waals surface area contributed by atoms with Crippen LogP contribution in [0.4, 0.5) is 5.13 Å². The molecule has 3 rings (SSSR count). The molecule has 2 aromatic heterocycles. The van der Waals surface area contributed by atoms with Gasteiger partial charge in [0.15, 0.2) is 5.13 Å². The van der Waals surface area contributed by atoms with Gasteiger partial charge in [0.05, 0.1) is 6.54 Å². The Morgan fingerprint density at radius 3 is 3.05 bits per heavy atom. The van der Waals surface area contributed by atoms with Crippen molar-refractivity contribution in [3.05, 3.63) is 23.2 Å². The second kappa shape index (κ2) is 6.53. The van der Waals surface area contributed by atoms with E-state index in [1.807, 2.05) is 10.9 Å². The van der Waals surface area contributed by atoms with E-state index in [0.29, 0.717) is 6.04 Å². The fourth-order valence-corrected chi connectivity index (χ4v) is 3.66. The van der Waals surface area contributed by atoms with Crippen molar-refractivity contribution in [2.24, 2.45) is 0 Å². The molecule has 6 nitrogen and oxygen atoms in total. The Kier molecular flexibility index (Phi) is 4.50. The number of aromatic nitrogens is 4. The molecule has 0 aliphatic carbocycles. The summed E-state index contributed by atoms with van der Waals surface area (Å²) in [7, 11) is 0. The maximum atomic E-state index is 4.53.